The summed E-state index contributed by atoms with van der Waals surface area (Å²) in [6, 6.07) is 4.90. The fraction of sp³-hybridized carbons (Fsp3) is 0.783. The van der Waals surface area contributed by atoms with Gasteiger partial charge in [0, 0.05) is 12.7 Å². The zero-order chi connectivity index (χ0) is 29.6. The van der Waals surface area contributed by atoms with Gasteiger partial charge in [-0.25, -0.2) is 4.98 Å². The normalized spacial score (nSPS) is 37.9. The molecule has 0 bridgehead atoms. The summed E-state index contributed by atoms with van der Waals surface area (Å²) >= 11 is 0. The van der Waals surface area contributed by atoms with Crippen LogP contribution in [0.4, 0.5) is 5.82 Å². The average Bonchev–Trinajstić information content (AvgIpc) is 2.96. The van der Waals surface area contributed by atoms with Crippen molar-refractivity contribution in [2.45, 2.75) is 85.8 Å². The van der Waals surface area contributed by atoms with Gasteiger partial charge in [0.15, 0.2) is 12.6 Å². The molecular formula is C23H38N2O15. The van der Waals surface area contributed by atoms with Crippen LogP contribution in [0.15, 0.2) is 24.4 Å². The van der Waals surface area contributed by atoms with Crippen LogP contribution in [0.2, 0.25) is 0 Å². The SMILES string of the molecule is OC[C@H]1O[C@H](OC[C@@H](O)[C@@H](O)[C@H](O[C@H]2O[C@H](CO)[C@@H](O)[C@H](O)[C@@H]2O)[C@H](O)CNc2ccccn2)[C@@H](O)[C@@H](O)[C@@H]1O. The molecule has 1 aromatic rings. The second-order valence-corrected chi connectivity index (χ2v) is 9.55. The monoisotopic (exact) mass is 582 g/mol. The summed E-state index contributed by atoms with van der Waals surface area (Å²) in [4.78, 5) is 4.03. The molecule has 0 radical (unpaired) electrons. The summed E-state index contributed by atoms with van der Waals surface area (Å²) in [5.74, 6) is 0.342. The Morgan fingerprint density at radius 1 is 0.775 bits per heavy atom. The van der Waals surface area contributed by atoms with E-state index in [2.05, 4.69) is 10.3 Å². The molecule has 0 saturated carbocycles. The summed E-state index contributed by atoms with van der Waals surface area (Å²) in [5, 5.41) is 114. The van der Waals surface area contributed by atoms with Crippen LogP contribution in [0.3, 0.4) is 0 Å². The molecule has 2 fully saturated rings. The molecule has 2 saturated heterocycles. The van der Waals surface area contributed by atoms with Gasteiger partial charge in [-0.2, -0.15) is 0 Å². The first-order valence-electron chi connectivity index (χ1n) is 12.6. The molecule has 0 spiro atoms. The number of nitrogens with one attached hydrogen (secondary N) is 1. The molecule has 12 N–H and O–H groups in total. The lowest BCUT2D eigenvalue weighted by Gasteiger charge is -2.42. The first-order valence-corrected chi connectivity index (χ1v) is 12.6. The number of pyridine rings is 1. The molecule has 2 aliphatic rings. The number of rotatable bonds is 13. The van der Waals surface area contributed by atoms with Crippen molar-refractivity contribution < 1.29 is 75.1 Å². The number of ether oxygens (including phenoxy) is 4. The molecule has 17 nitrogen and oxygen atoms in total. The van der Waals surface area contributed by atoms with Gasteiger partial charge in [-0.1, -0.05) is 6.07 Å². The second kappa shape index (κ2) is 15.0. The number of hydrogen-bond acceptors (Lipinski definition) is 17. The van der Waals surface area contributed by atoms with Gasteiger partial charge >= 0.3 is 0 Å². The Kier molecular flexibility index (Phi) is 12.3. The molecule has 17 heteroatoms. The van der Waals surface area contributed by atoms with Gasteiger partial charge in [-0.15, -0.1) is 0 Å². The van der Waals surface area contributed by atoms with Gasteiger partial charge in [0.2, 0.25) is 0 Å². The third-order valence-electron chi connectivity index (χ3n) is 6.69. The van der Waals surface area contributed by atoms with Crippen LogP contribution in [0.25, 0.3) is 0 Å². The predicted octanol–water partition coefficient (Wildman–Crippen LogP) is -6.42. The minimum absolute atomic E-state index is 0.309. The zero-order valence-electron chi connectivity index (χ0n) is 21.2. The van der Waals surface area contributed by atoms with Crippen LogP contribution in [-0.2, 0) is 18.9 Å². The van der Waals surface area contributed by atoms with Crippen molar-refractivity contribution in [1.82, 2.24) is 4.98 Å². The molecule has 0 aromatic carbocycles. The second-order valence-electron chi connectivity index (χ2n) is 9.55. The van der Waals surface area contributed by atoms with E-state index < -0.39 is 106 Å². The number of anilines is 1. The van der Waals surface area contributed by atoms with E-state index in [-0.39, 0.29) is 6.54 Å². The van der Waals surface area contributed by atoms with Crippen LogP contribution >= 0.6 is 0 Å². The molecule has 230 valence electrons. The van der Waals surface area contributed by atoms with Gasteiger partial charge in [-0.3, -0.25) is 0 Å². The van der Waals surface area contributed by atoms with Crippen molar-refractivity contribution in [3.05, 3.63) is 24.4 Å². The lowest BCUT2D eigenvalue weighted by atomic mass is 9.98. The first kappa shape index (κ1) is 32.9. The van der Waals surface area contributed by atoms with Crippen molar-refractivity contribution in [1.29, 1.82) is 0 Å². The topological polar surface area (TPSA) is 284 Å². The summed E-state index contributed by atoms with van der Waals surface area (Å²) in [5.41, 5.74) is 0. The van der Waals surface area contributed by atoms with Gasteiger partial charge in [-0.05, 0) is 12.1 Å². The standard InChI is InChI=1S/C23H38N2O15/c26-6-11-15(31)17(33)19(35)22(38-11)37-8-10(29)14(30)21(9(28)5-25-13-3-1-2-4-24-13)40-23-20(36)18(34)16(32)12(7-27)39-23/h1-4,9-12,14-23,26-36H,5-8H2,(H,24,25)/t9-,10-,11-,12-,14-,15-,16-,17+,18+,19+,20+,21-,22+,23-/m1/s1. The van der Waals surface area contributed by atoms with E-state index in [9.17, 15) is 56.2 Å². The maximum atomic E-state index is 10.9. The lowest BCUT2D eigenvalue weighted by Crippen LogP contribution is -2.62. The van der Waals surface area contributed by atoms with E-state index in [1.54, 1.807) is 18.2 Å². The van der Waals surface area contributed by atoms with Crippen molar-refractivity contribution >= 4 is 5.82 Å². The van der Waals surface area contributed by atoms with Gasteiger partial charge < -0.3 is 80.4 Å². The average molecular weight is 583 g/mol. The van der Waals surface area contributed by atoms with Crippen LogP contribution in [0.5, 0.6) is 0 Å². The molecule has 2 aliphatic heterocycles. The maximum Gasteiger partial charge on any atom is 0.187 e. The fourth-order valence-corrected chi connectivity index (χ4v) is 4.24. The number of hydrogen-bond donors (Lipinski definition) is 12. The van der Waals surface area contributed by atoms with Crippen molar-refractivity contribution in [3.63, 3.8) is 0 Å². The fourth-order valence-electron chi connectivity index (χ4n) is 4.24. The largest absolute Gasteiger partial charge is 0.394 e. The predicted molar refractivity (Wildman–Crippen MR) is 129 cm³/mol. The van der Waals surface area contributed by atoms with Crippen LogP contribution in [0.1, 0.15) is 0 Å². The van der Waals surface area contributed by atoms with Crippen molar-refractivity contribution in [2.24, 2.45) is 0 Å². The highest BCUT2D eigenvalue weighted by Gasteiger charge is 2.48. The quantitative estimate of drug-likeness (QED) is 0.103. The Morgan fingerprint density at radius 3 is 1.90 bits per heavy atom. The van der Waals surface area contributed by atoms with Crippen LogP contribution in [-0.4, -0.2) is 173 Å². The molecule has 40 heavy (non-hydrogen) atoms. The third-order valence-corrected chi connectivity index (χ3v) is 6.69. The van der Waals surface area contributed by atoms with E-state index in [4.69, 9.17) is 18.9 Å². The Balaban J connectivity index is 1.71. The van der Waals surface area contributed by atoms with Crippen LogP contribution < -0.4 is 5.32 Å². The zero-order valence-corrected chi connectivity index (χ0v) is 21.2. The number of aliphatic hydroxyl groups is 11. The lowest BCUT2D eigenvalue weighted by molar-refractivity contribution is -0.329. The summed E-state index contributed by atoms with van der Waals surface area (Å²) in [6.45, 7) is -2.58. The Hall–Kier alpha value is -1.65. The summed E-state index contributed by atoms with van der Waals surface area (Å²) < 4.78 is 21.3. The molecule has 0 aliphatic carbocycles. The highest BCUT2D eigenvalue weighted by Crippen LogP contribution is 2.26. The molecule has 14 atom stereocenters. The van der Waals surface area contributed by atoms with Gasteiger partial charge in [0.25, 0.3) is 0 Å². The van der Waals surface area contributed by atoms with Crippen molar-refractivity contribution in [3.8, 4) is 0 Å². The highest BCUT2D eigenvalue weighted by molar-refractivity contribution is 5.33. The number of aliphatic hydroxyl groups excluding tert-OH is 11. The molecule has 1 aromatic heterocycles. The van der Waals surface area contributed by atoms with E-state index in [0.29, 0.717) is 5.82 Å². The Bertz CT molecular complexity index is 870. The van der Waals surface area contributed by atoms with E-state index in [1.807, 2.05) is 0 Å². The van der Waals surface area contributed by atoms with Crippen molar-refractivity contribution in [2.75, 3.05) is 31.7 Å². The molecule has 3 rings (SSSR count). The molecule has 3 heterocycles. The molecular weight excluding hydrogens is 544 g/mol. The highest BCUT2D eigenvalue weighted by atomic mass is 16.7. The summed E-state index contributed by atoms with van der Waals surface area (Å²) in [7, 11) is 0. The third kappa shape index (κ3) is 7.79. The van der Waals surface area contributed by atoms with Gasteiger partial charge in [0.1, 0.15) is 79.1 Å². The smallest absolute Gasteiger partial charge is 0.187 e. The molecule has 0 unspecified atom stereocenters. The minimum atomic E-state index is -1.99. The van der Waals surface area contributed by atoms with E-state index in [1.165, 1.54) is 6.20 Å². The number of aromatic nitrogens is 1. The molecule has 0 amide bonds. The minimum Gasteiger partial charge on any atom is -0.394 e. The van der Waals surface area contributed by atoms with Crippen LogP contribution in [0, 0.1) is 0 Å². The summed E-state index contributed by atoms with van der Waals surface area (Å²) in [6.07, 6.45) is -22.4. The Morgan fingerprint density at radius 2 is 1.35 bits per heavy atom. The van der Waals surface area contributed by atoms with Gasteiger partial charge in [0.05, 0.1) is 19.8 Å². The maximum absolute atomic E-state index is 10.9. The van der Waals surface area contributed by atoms with E-state index >= 15 is 0 Å². The number of nitrogens with zero attached hydrogens (tertiary/aromatic N) is 1. The Labute approximate surface area is 228 Å². The van der Waals surface area contributed by atoms with E-state index in [0.717, 1.165) is 0 Å². The first-order chi connectivity index (χ1) is 19.0.